The van der Waals surface area contributed by atoms with Gasteiger partial charge in [-0.3, -0.25) is 4.68 Å². The van der Waals surface area contributed by atoms with Crippen LogP contribution in [-0.4, -0.2) is 9.78 Å². The molecule has 11 heavy (non-hydrogen) atoms. The molecule has 3 nitrogen and oxygen atoms in total. The lowest BCUT2D eigenvalue weighted by molar-refractivity contribution is 0.529. The molecule has 0 fully saturated rings. The number of aryl methyl sites for hydroxylation is 1. The second kappa shape index (κ2) is 3.05. The van der Waals surface area contributed by atoms with E-state index >= 15 is 0 Å². The van der Waals surface area contributed by atoms with Crippen LogP contribution in [0.25, 0.3) is 0 Å². The average Bonchev–Trinajstić information content (AvgIpc) is 2.31. The summed E-state index contributed by atoms with van der Waals surface area (Å²) in [5, 5.41) is 4.32. The summed E-state index contributed by atoms with van der Waals surface area (Å²) in [7, 11) is 0. The highest BCUT2D eigenvalue weighted by Gasteiger charge is 2.04. The number of hydrogen-bond acceptors (Lipinski definition) is 2. The molecule has 0 amide bonds. The molecule has 1 aromatic rings. The molecule has 0 radical (unpaired) electrons. The molecular weight excluding hydrogens is 138 g/mol. The van der Waals surface area contributed by atoms with E-state index in [0.29, 0.717) is 12.6 Å². The van der Waals surface area contributed by atoms with Gasteiger partial charge in [0.25, 0.3) is 0 Å². The van der Waals surface area contributed by atoms with E-state index in [9.17, 15) is 0 Å². The molecule has 0 saturated heterocycles. The molecule has 0 aliphatic heterocycles. The van der Waals surface area contributed by atoms with E-state index in [1.165, 1.54) is 0 Å². The van der Waals surface area contributed by atoms with Gasteiger partial charge < -0.3 is 5.73 Å². The first kappa shape index (κ1) is 8.27. The summed E-state index contributed by atoms with van der Waals surface area (Å²) in [5.41, 5.74) is 7.69. The Hall–Kier alpha value is -0.830. The SMILES string of the molecule is Cc1nn(C(C)C)cc1CN. The van der Waals surface area contributed by atoms with Crippen LogP contribution in [-0.2, 0) is 6.54 Å². The summed E-state index contributed by atoms with van der Waals surface area (Å²) in [5.74, 6) is 0. The van der Waals surface area contributed by atoms with Gasteiger partial charge in [0.1, 0.15) is 0 Å². The molecule has 0 bridgehead atoms. The van der Waals surface area contributed by atoms with Crippen LogP contribution in [0.5, 0.6) is 0 Å². The third kappa shape index (κ3) is 1.60. The van der Waals surface area contributed by atoms with E-state index in [2.05, 4.69) is 18.9 Å². The van der Waals surface area contributed by atoms with Gasteiger partial charge in [0.15, 0.2) is 0 Å². The predicted octanol–water partition coefficient (Wildman–Crippen LogP) is 1.23. The summed E-state index contributed by atoms with van der Waals surface area (Å²) in [6.07, 6.45) is 2.01. The van der Waals surface area contributed by atoms with Gasteiger partial charge in [0.05, 0.1) is 5.69 Å². The number of rotatable bonds is 2. The van der Waals surface area contributed by atoms with Gasteiger partial charge in [0.2, 0.25) is 0 Å². The summed E-state index contributed by atoms with van der Waals surface area (Å²) in [4.78, 5) is 0. The van der Waals surface area contributed by atoms with Crippen LogP contribution >= 0.6 is 0 Å². The van der Waals surface area contributed by atoms with E-state index in [-0.39, 0.29) is 0 Å². The fourth-order valence-electron chi connectivity index (χ4n) is 0.984. The quantitative estimate of drug-likeness (QED) is 0.694. The highest BCUT2D eigenvalue weighted by Crippen LogP contribution is 2.08. The van der Waals surface area contributed by atoms with Crippen LogP contribution in [0.4, 0.5) is 0 Å². The minimum atomic E-state index is 0.425. The van der Waals surface area contributed by atoms with Crippen molar-refractivity contribution in [3.8, 4) is 0 Å². The Bertz CT molecular complexity index is 237. The van der Waals surface area contributed by atoms with Crippen LogP contribution in [0.2, 0.25) is 0 Å². The topological polar surface area (TPSA) is 43.8 Å². The Morgan fingerprint density at radius 1 is 1.64 bits per heavy atom. The Morgan fingerprint density at radius 2 is 2.27 bits per heavy atom. The Labute approximate surface area is 67.2 Å². The van der Waals surface area contributed by atoms with Crippen molar-refractivity contribution in [3.05, 3.63) is 17.5 Å². The standard InChI is InChI=1S/C8H15N3/c1-6(2)11-5-8(4-9)7(3)10-11/h5-6H,4,9H2,1-3H3. The van der Waals surface area contributed by atoms with Crippen molar-refractivity contribution in [2.75, 3.05) is 0 Å². The normalized spacial score (nSPS) is 11.0. The van der Waals surface area contributed by atoms with Crippen molar-refractivity contribution in [2.45, 2.75) is 33.4 Å². The molecule has 1 aromatic heterocycles. The minimum absolute atomic E-state index is 0.425. The number of aromatic nitrogens is 2. The molecule has 0 aromatic carbocycles. The molecule has 0 saturated carbocycles. The van der Waals surface area contributed by atoms with Gasteiger partial charge >= 0.3 is 0 Å². The van der Waals surface area contributed by atoms with Crippen LogP contribution in [0.3, 0.4) is 0 Å². The zero-order chi connectivity index (χ0) is 8.43. The molecule has 0 aliphatic carbocycles. The van der Waals surface area contributed by atoms with Crippen LogP contribution in [0.15, 0.2) is 6.20 Å². The molecule has 1 heterocycles. The van der Waals surface area contributed by atoms with Gasteiger partial charge in [-0.05, 0) is 20.8 Å². The fourth-order valence-corrected chi connectivity index (χ4v) is 0.984. The third-order valence-corrected chi connectivity index (χ3v) is 1.77. The highest BCUT2D eigenvalue weighted by atomic mass is 15.3. The molecular formula is C8H15N3. The monoisotopic (exact) mass is 153 g/mol. The first-order chi connectivity index (χ1) is 5.15. The van der Waals surface area contributed by atoms with E-state index < -0.39 is 0 Å². The number of hydrogen-bond donors (Lipinski definition) is 1. The maximum atomic E-state index is 5.51. The van der Waals surface area contributed by atoms with E-state index in [4.69, 9.17) is 5.73 Å². The van der Waals surface area contributed by atoms with Gasteiger partial charge in [-0.25, -0.2) is 0 Å². The van der Waals surface area contributed by atoms with Crippen molar-refractivity contribution in [2.24, 2.45) is 5.73 Å². The van der Waals surface area contributed by atoms with Gasteiger partial charge in [-0.2, -0.15) is 5.10 Å². The van der Waals surface area contributed by atoms with Crippen molar-refractivity contribution in [1.29, 1.82) is 0 Å². The van der Waals surface area contributed by atoms with Gasteiger partial charge in [-0.1, -0.05) is 0 Å². The van der Waals surface area contributed by atoms with Gasteiger partial charge in [-0.15, -0.1) is 0 Å². The largest absolute Gasteiger partial charge is 0.326 e. The van der Waals surface area contributed by atoms with E-state index in [1.54, 1.807) is 0 Å². The van der Waals surface area contributed by atoms with Crippen LogP contribution in [0.1, 0.15) is 31.1 Å². The van der Waals surface area contributed by atoms with E-state index in [1.807, 2.05) is 17.8 Å². The number of nitrogens with two attached hydrogens (primary N) is 1. The second-order valence-corrected chi connectivity index (χ2v) is 3.02. The van der Waals surface area contributed by atoms with Crippen molar-refractivity contribution in [3.63, 3.8) is 0 Å². The molecule has 0 unspecified atom stereocenters. The zero-order valence-corrected chi connectivity index (χ0v) is 7.33. The molecule has 1 rings (SSSR count). The molecule has 0 atom stereocenters. The average molecular weight is 153 g/mol. The first-order valence-electron chi connectivity index (χ1n) is 3.90. The Balaban J connectivity index is 2.95. The summed E-state index contributed by atoms with van der Waals surface area (Å²) >= 11 is 0. The molecule has 0 spiro atoms. The van der Waals surface area contributed by atoms with Gasteiger partial charge in [0, 0.05) is 24.3 Å². The maximum absolute atomic E-state index is 5.51. The first-order valence-corrected chi connectivity index (χ1v) is 3.90. The lowest BCUT2D eigenvalue weighted by Gasteiger charge is -2.02. The highest BCUT2D eigenvalue weighted by molar-refractivity contribution is 5.14. The predicted molar refractivity (Wildman–Crippen MR) is 45.2 cm³/mol. The summed E-state index contributed by atoms with van der Waals surface area (Å²) in [6, 6.07) is 0.425. The molecule has 62 valence electrons. The van der Waals surface area contributed by atoms with E-state index in [0.717, 1.165) is 11.3 Å². The summed E-state index contributed by atoms with van der Waals surface area (Å²) in [6.45, 7) is 6.78. The smallest absolute Gasteiger partial charge is 0.0638 e. The number of nitrogens with zero attached hydrogens (tertiary/aromatic N) is 2. The summed E-state index contributed by atoms with van der Waals surface area (Å²) < 4.78 is 1.94. The molecule has 3 heteroatoms. The fraction of sp³-hybridized carbons (Fsp3) is 0.625. The lowest BCUT2D eigenvalue weighted by Crippen LogP contribution is -2.00. The maximum Gasteiger partial charge on any atom is 0.0638 e. The Morgan fingerprint density at radius 3 is 2.55 bits per heavy atom. The third-order valence-electron chi connectivity index (χ3n) is 1.77. The molecule has 2 N–H and O–H groups in total. The second-order valence-electron chi connectivity index (χ2n) is 3.02. The van der Waals surface area contributed by atoms with Crippen LogP contribution < -0.4 is 5.73 Å². The zero-order valence-electron chi connectivity index (χ0n) is 7.33. The van der Waals surface area contributed by atoms with Crippen molar-refractivity contribution in [1.82, 2.24) is 9.78 Å². The minimum Gasteiger partial charge on any atom is -0.326 e. The van der Waals surface area contributed by atoms with Crippen molar-refractivity contribution < 1.29 is 0 Å². The Kier molecular flexibility index (Phi) is 2.29. The molecule has 0 aliphatic rings. The van der Waals surface area contributed by atoms with Crippen LogP contribution in [0, 0.1) is 6.92 Å². The lowest BCUT2D eigenvalue weighted by atomic mass is 10.3. The van der Waals surface area contributed by atoms with Crippen molar-refractivity contribution >= 4 is 0 Å².